The maximum Gasteiger partial charge on any atom is 0.412 e. The number of carbonyl (C=O) groups is 2. The summed E-state index contributed by atoms with van der Waals surface area (Å²) in [5.74, 6) is -0.953. The van der Waals surface area contributed by atoms with Crippen LogP contribution in [0.5, 0.6) is 0 Å². The molecule has 32 heavy (non-hydrogen) atoms. The molecule has 0 saturated heterocycles. The number of anilines is 1. The number of hydrogen-bond donors (Lipinski definition) is 2. The molecule has 2 aromatic heterocycles. The smallest absolute Gasteiger partial charge is 0.412 e. The number of fused-ring (bicyclic) bond motifs is 4. The number of aromatic nitrogens is 4. The van der Waals surface area contributed by atoms with Gasteiger partial charge >= 0.3 is 12.1 Å². The van der Waals surface area contributed by atoms with Crippen LogP contribution in [-0.4, -0.2) is 43.5 Å². The van der Waals surface area contributed by atoms with Gasteiger partial charge in [-0.3, -0.25) is 10.1 Å². The summed E-state index contributed by atoms with van der Waals surface area (Å²) in [6.45, 7) is -0.211. The number of carboxylic acid groups (broad SMARTS) is 1. The predicted octanol–water partition coefficient (Wildman–Crippen LogP) is 4.03. The van der Waals surface area contributed by atoms with Gasteiger partial charge in [-0.05, 0) is 38.2 Å². The molecule has 160 valence electrons. The average Bonchev–Trinajstić information content (AvgIpc) is 3.27. The number of nitrogens with one attached hydrogen (secondary N) is 1. The lowest BCUT2D eigenvalue weighted by molar-refractivity contribution is -0.137. The molecule has 0 atom stereocenters. The van der Waals surface area contributed by atoms with Crippen molar-refractivity contribution in [3.8, 4) is 11.1 Å². The topological polar surface area (TPSA) is 119 Å². The number of amides is 1. The van der Waals surface area contributed by atoms with Crippen LogP contribution in [-0.2, 0) is 16.1 Å². The number of aliphatic carboxylic acids is 1. The SMILES string of the molecule is O=C(O)Cn1nc(Br)c2c(NC(=O)OCC3c4ccccc4-c4ccccc43)ncnc21. The van der Waals surface area contributed by atoms with Gasteiger partial charge in [-0.1, -0.05) is 48.5 Å². The molecule has 2 N–H and O–H groups in total. The summed E-state index contributed by atoms with van der Waals surface area (Å²) in [6.07, 6.45) is 0.554. The van der Waals surface area contributed by atoms with E-state index in [1.165, 1.54) is 11.0 Å². The zero-order chi connectivity index (χ0) is 22.2. The minimum Gasteiger partial charge on any atom is -0.480 e. The summed E-state index contributed by atoms with van der Waals surface area (Å²) in [5, 5.41) is 16.2. The van der Waals surface area contributed by atoms with Gasteiger partial charge in [-0.15, -0.1) is 0 Å². The molecule has 4 aromatic rings. The quantitative estimate of drug-likeness (QED) is 0.430. The second-order valence-electron chi connectivity index (χ2n) is 7.21. The number of rotatable bonds is 5. The second kappa shape index (κ2) is 8.04. The van der Waals surface area contributed by atoms with Crippen LogP contribution in [0.15, 0.2) is 59.5 Å². The third kappa shape index (κ3) is 3.48. The Morgan fingerprint density at radius 2 is 1.72 bits per heavy atom. The summed E-state index contributed by atoms with van der Waals surface area (Å²) < 4.78 is 7.09. The predicted molar refractivity (Wildman–Crippen MR) is 119 cm³/mol. The maximum absolute atomic E-state index is 12.6. The van der Waals surface area contributed by atoms with E-state index < -0.39 is 12.1 Å². The third-order valence-electron chi connectivity index (χ3n) is 5.34. The first-order chi connectivity index (χ1) is 15.5. The number of carboxylic acids is 1. The van der Waals surface area contributed by atoms with Crippen LogP contribution < -0.4 is 5.32 Å². The molecule has 1 aliphatic carbocycles. The number of benzene rings is 2. The molecule has 9 nitrogen and oxygen atoms in total. The van der Waals surface area contributed by atoms with Crippen molar-refractivity contribution in [2.45, 2.75) is 12.5 Å². The lowest BCUT2D eigenvalue weighted by Crippen LogP contribution is -2.18. The van der Waals surface area contributed by atoms with Crippen LogP contribution in [0, 0.1) is 0 Å². The van der Waals surface area contributed by atoms with Gasteiger partial charge in [0.25, 0.3) is 0 Å². The van der Waals surface area contributed by atoms with E-state index in [-0.39, 0.29) is 30.5 Å². The van der Waals surface area contributed by atoms with Crippen molar-refractivity contribution < 1.29 is 19.4 Å². The molecule has 2 heterocycles. The summed E-state index contributed by atoms with van der Waals surface area (Å²) in [5.41, 5.74) is 4.80. The minimum absolute atomic E-state index is 0.0661. The lowest BCUT2D eigenvalue weighted by atomic mass is 9.98. The standard InChI is InChI=1S/C22H16BrN5O4/c23-19-18-20(24-11-25-21(18)28(27-19)9-17(29)30)26-22(31)32-10-16-14-7-3-1-5-12(14)13-6-2-4-8-15(13)16/h1-8,11,16H,9-10H2,(H,29,30)(H,24,25,26,31). The van der Waals surface area contributed by atoms with Crippen LogP contribution in [0.4, 0.5) is 10.6 Å². The van der Waals surface area contributed by atoms with E-state index in [0.29, 0.717) is 9.99 Å². The van der Waals surface area contributed by atoms with Gasteiger partial charge in [-0.25, -0.2) is 19.4 Å². The third-order valence-corrected chi connectivity index (χ3v) is 5.89. The fourth-order valence-corrected chi connectivity index (χ4v) is 4.59. The zero-order valence-electron chi connectivity index (χ0n) is 16.5. The Kier molecular flexibility index (Phi) is 5.06. The first-order valence-electron chi connectivity index (χ1n) is 9.73. The van der Waals surface area contributed by atoms with Crippen molar-refractivity contribution in [2.75, 3.05) is 11.9 Å². The normalized spacial score (nSPS) is 12.4. The highest BCUT2D eigenvalue weighted by Crippen LogP contribution is 2.44. The van der Waals surface area contributed by atoms with E-state index in [2.05, 4.69) is 48.4 Å². The molecule has 10 heteroatoms. The van der Waals surface area contributed by atoms with Crippen molar-refractivity contribution >= 4 is 44.8 Å². The molecule has 1 amide bonds. The highest BCUT2D eigenvalue weighted by molar-refractivity contribution is 9.10. The van der Waals surface area contributed by atoms with Gasteiger partial charge in [0.2, 0.25) is 0 Å². The van der Waals surface area contributed by atoms with Crippen LogP contribution in [0.25, 0.3) is 22.2 Å². The van der Waals surface area contributed by atoms with E-state index in [0.717, 1.165) is 22.3 Å². The molecule has 1 aliphatic rings. The van der Waals surface area contributed by atoms with Crippen LogP contribution in [0.1, 0.15) is 17.0 Å². The maximum atomic E-state index is 12.6. The molecule has 0 saturated carbocycles. The van der Waals surface area contributed by atoms with E-state index in [9.17, 15) is 9.59 Å². The number of halogens is 1. The van der Waals surface area contributed by atoms with E-state index in [1.54, 1.807) is 0 Å². The molecular formula is C22H16BrN5O4. The molecule has 0 radical (unpaired) electrons. The number of ether oxygens (including phenoxy) is 1. The fourth-order valence-electron chi connectivity index (χ4n) is 4.03. The Morgan fingerprint density at radius 1 is 1.06 bits per heavy atom. The van der Waals surface area contributed by atoms with Crippen LogP contribution in [0.3, 0.4) is 0 Å². The first-order valence-corrected chi connectivity index (χ1v) is 10.5. The Morgan fingerprint density at radius 3 is 2.38 bits per heavy atom. The Balaban J connectivity index is 1.36. The van der Waals surface area contributed by atoms with E-state index in [4.69, 9.17) is 9.84 Å². The number of carbonyl (C=O) groups excluding carboxylic acids is 1. The Hall–Kier alpha value is -3.79. The summed E-state index contributed by atoms with van der Waals surface area (Å²) >= 11 is 3.28. The largest absolute Gasteiger partial charge is 0.480 e. The van der Waals surface area contributed by atoms with Crippen molar-refractivity contribution in [3.63, 3.8) is 0 Å². The minimum atomic E-state index is -1.06. The molecule has 0 bridgehead atoms. The van der Waals surface area contributed by atoms with Gasteiger partial charge in [0.05, 0.1) is 5.39 Å². The monoisotopic (exact) mass is 493 g/mol. The van der Waals surface area contributed by atoms with Crippen LogP contribution >= 0.6 is 15.9 Å². The second-order valence-corrected chi connectivity index (χ2v) is 7.96. The molecule has 0 spiro atoms. The van der Waals surface area contributed by atoms with Crippen molar-refractivity contribution in [2.24, 2.45) is 0 Å². The zero-order valence-corrected chi connectivity index (χ0v) is 18.1. The van der Waals surface area contributed by atoms with Crippen molar-refractivity contribution in [3.05, 3.63) is 70.6 Å². The molecule has 0 unspecified atom stereocenters. The van der Waals surface area contributed by atoms with Gasteiger partial charge in [0.1, 0.15) is 24.1 Å². The van der Waals surface area contributed by atoms with Gasteiger partial charge in [0, 0.05) is 5.92 Å². The summed E-state index contributed by atoms with van der Waals surface area (Å²) in [4.78, 5) is 31.8. The highest BCUT2D eigenvalue weighted by atomic mass is 79.9. The Labute approximate surface area is 190 Å². The lowest BCUT2D eigenvalue weighted by Gasteiger charge is -2.14. The van der Waals surface area contributed by atoms with E-state index in [1.807, 2.05) is 36.4 Å². The summed E-state index contributed by atoms with van der Waals surface area (Å²) in [7, 11) is 0. The summed E-state index contributed by atoms with van der Waals surface area (Å²) in [6, 6.07) is 16.2. The Bertz CT molecular complexity index is 1320. The molecule has 0 aliphatic heterocycles. The van der Waals surface area contributed by atoms with Crippen molar-refractivity contribution in [1.29, 1.82) is 0 Å². The van der Waals surface area contributed by atoms with Crippen molar-refractivity contribution in [1.82, 2.24) is 19.7 Å². The molecule has 0 fully saturated rings. The van der Waals surface area contributed by atoms with Gasteiger partial charge < -0.3 is 9.84 Å². The molecule has 5 rings (SSSR count). The number of hydrogen-bond acceptors (Lipinski definition) is 6. The van der Waals surface area contributed by atoms with Crippen LogP contribution in [0.2, 0.25) is 0 Å². The average molecular weight is 494 g/mol. The number of nitrogens with zero attached hydrogens (tertiary/aromatic N) is 4. The highest BCUT2D eigenvalue weighted by Gasteiger charge is 2.29. The van der Waals surface area contributed by atoms with Gasteiger partial charge in [-0.2, -0.15) is 5.10 Å². The molecule has 2 aromatic carbocycles. The van der Waals surface area contributed by atoms with E-state index >= 15 is 0 Å². The molecular weight excluding hydrogens is 478 g/mol. The first kappa shape index (κ1) is 20.1. The van der Waals surface area contributed by atoms with Gasteiger partial charge in [0.15, 0.2) is 11.5 Å². The fraction of sp³-hybridized carbons (Fsp3) is 0.136.